The molecule has 0 saturated carbocycles. The number of hydrogen-bond acceptors (Lipinski definition) is 3. The second kappa shape index (κ2) is 11.7. The fraction of sp³-hybridized carbons (Fsp3) is 0.0714. The van der Waals surface area contributed by atoms with E-state index < -0.39 is 34.6 Å². The van der Waals surface area contributed by atoms with Gasteiger partial charge in [-0.25, -0.2) is 4.39 Å². The van der Waals surface area contributed by atoms with Crippen LogP contribution in [0, 0.1) is 5.82 Å². The fourth-order valence-corrected chi connectivity index (χ4v) is 4.68. The Bertz CT molecular complexity index is 1450. The number of halogens is 5. The Hall–Kier alpha value is -3.82. The molecule has 2 amide bonds. The van der Waals surface area contributed by atoms with Crippen LogP contribution in [0.3, 0.4) is 0 Å². The second-order valence-corrected chi connectivity index (χ2v) is 9.63. The van der Waals surface area contributed by atoms with Gasteiger partial charge in [-0.15, -0.1) is 11.8 Å². The molecule has 0 aliphatic heterocycles. The van der Waals surface area contributed by atoms with Crippen molar-refractivity contribution in [3.63, 3.8) is 0 Å². The monoisotopic (exact) mass is 558 g/mol. The maximum absolute atomic E-state index is 13.9. The molecule has 194 valence electrons. The first-order chi connectivity index (χ1) is 18.1. The van der Waals surface area contributed by atoms with Gasteiger partial charge in [0.25, 0.3) is 5.91 Å². The van der Waals surface area contributed by atoms with Gasteiger partial charge in [-0.05, 0) is 60.2 Å². The molecule has 0 bridgehead atoms. The van der Waals surface area contributed by atoms with Crippen molar-refractivity contribution < 1.29 is 27.2 Å². The number of amides is 2. The first-order valence-corrected chi connectivity index (χ1v) is 12.4. The van der Waals surface area contributed by atoms with E-state index in [1.54, 1.807) is 60.7 Å². The van der Waals surface area contributed by atoms with Gasteiger partial charge in [0.15, 0.2) is 0 Å². The third-order valence-corrected chi connectivity index (χ3v) is 6.97. The molecule has 0 aliphatic carbocycles. The number of alkyl halides is 3. The van der Waals surface area contributed by atoms with E-state index in [-0.39, 0.29) is 16.3 Å². The number of anilines is 2. The van der Waals surface area contributed by atoms with Crippen LogP contribution in [-0.4, -0.2) is 11.8 Å². The SMILES string of the molecule is O=C(Nc1ccc(SC(C(=O)Nc2cc(C(F)(F)F)ccc2Cl)c2ccccc2)cc1)c1ccccc1F. The molecule has 2 N–H and O–H groups in total. The highest BCUT2D eigenvalue weighted by Crippen LogP contribution is 2.38. The topological polar surface area (TPSA) is 58.2 Å². The normalized spacial score (nSPS) is 12.0. The average molecular weight is 559 g/mol. The molecule has 1 atom stereocenters. The van der Waals surface area contributed by atoms with Crippen molar-refractivity contribution in [2.45, 2.75) is 16.3 Å². The Morgan fingerprint density at radius 1 is 0.816 bits per heavy atom. The Balaban J connectivity index is 1.53. The molecule has 4 aromatic rings. The summed E-state index contributed by atoms with van der Waals surface area (Å²) in [6, 6.07) is 23.6. The van der Waals surface area contributed by atoms with Gasteiger partial charge >= 0.3 is 6.18 Å². The molecule has 10 heteroatoms. The van der Waals surface area contributed by atoms with Gasteiger partial charge in [0.1, 0.15) is 11.1 Å². The van der Waals surface area contributed by atoms with Crippen LogP contribution in [0.25, 0.3) is 0 Å². The molecule has 0 radical (unpaired) electrons. The van der Waals surface area contributed by atoms with Gasteiger partial charge in [-0.2, -0.15) is 13.2 Å². The van der Waals surface area contributed by atoms with Gasteiger partial charge in [0.05, 0.1) is 21.8 Å². The predicted octanol–water partition coefficient (Wildman–Crippen LogP) is 8.22. The molecule has 0 aliphatic rings. The van der Waals surface area contributed by atoms with E-state index in [1.807, 2.05) is 0 Å². The first kappa shape index (κ1) is 27.2. The number of carbonyl (C=O) groups excluding carboxylic acids is 2. The molecule has 0 aromatic heterocycles. The highest BCUT2D eigenvalue weighted by atomic mass is 35.5. The molecule has 0 heterocycles. The Kier molecular flexibility index (Phi) is 8.38. The van der Waals surface area contributed by atoms with Crippen molar-refractivity contribution in [1.82, 2.24) is 0 Å². The Morgan fingerprint density at radius 2 is 1.47 bits per heavy atom. The summed E-state index contributed by atoms with van der Waals surface area (Å²) < 4.78 is 53.4. The zero-order chi connectivity index (χ0) is 27.3. The molecule has 38 heavy (non-hydrogen) atoms. The van der Waals surface area contributed by atoms with E-state index in [0.29, 0.717) is 16.1 Å². The highest BCUT2D eigenvalue weighted by molar-refractivity contribution is 8.00. The number of hydrogen-bond donors (Lipinski definition) is 2. The minimum Gasteiger partial charge on any atom is -0.323 e. The van der Waals surface area contributed by atoms with Gasteiger partial charge in [-0.3, -0.25) is 9.59 Å². The largest absolute Gasteiger partial charge is 0.416 e. The van der Waals surface area contributed by atoms with E-state index in [0.717, 1.165) is 30.0 Å². The Morgan fingerprint density at radius 3 is 2.13 bits per heavy atom. The summed E-state index contributed by atoms with van der Waals surface area (Å²) in [7, 11) is 0. The molecular formula is C28H19ClF4N2O2S. The van der Waals surface area contributed by atoms with Crippen molar-refractivity contribution >= 4 is 46.6 Å². The summed E-state index contributed by atoms with van der Waals surface area (Å²) in [4.78, 5) is 26.3. The molecule has 4 nitrogen and oxygen atoms in total. The van der Waals surface area contributed by atoms with E-state index in [2.05, 4.69) is 10.6 Å². The van der Waals surface area contributed by atoms with Gasteiger partial charge < -0.3 is 10.6 Å². The zero-order valence-corrected chi connectivity index (χ0v) is 21.0. The minimum atomic E-state index is -4.60. The van der Waals surface area contributed by atoms with Crippen molar-refractivity contribution in [2.24, 2.45) is 0 Å². The zero-order valence-electron chi connectivity index (χ0n) is 19.4. The van der Waals surface area contributed by atoms with Crippen LogP contribution in [-0.2, 0) is 11.0 Å². The third-order valence-electron chi connectivity index (χ3n) is 5.38. The minimum absolute atomic E-state index is 0.0295. The standard InChI is InChI=1S/C28H19ClF4N2O2S/c29-22-15-10-18(28(31,32)33)16-24(22)35-27(37)25(17-6-2-1-3-7-17)38-20-13-11-19(12-14-20)34-26(36)21-8-4-5-9-23(21)30/h1-16,25H,(H,34,36)(H,35,37). The summed E-state index contributed by atoms with van der Waals surface area (Å²) in [6.45, 7) is 0. The molecule has 0 fully saturated rings. The number of benzene rings is 4. The number of thioether (sulfide) groups is 1. The second-order valence-electron chi connectivity index (χ2n) is 8.05. The molecule has 0 spiro atoms. The predicted molar refractivity (Wildman–Crippen MR) is 141 cm³/mol. The van der Waals surface area contributed by atoms with Crippen LogP contribution in [0.1, 0.15) is 26.7 Å². The highest BCUT2D eigenvalue weighted by Gasteiger charge is 2.31. The summed E-state index contributed by atoms with van der Waals surface area (Å²) >= 11 is 7.23. The lowest BCUT2D eigenvalue weighted by Crippen LogP contribution is -2.19. The molecule has 1 unspecified atom stereocenters. The molecule has 4 aromatic carbocycles. The summed E-state index contributed by atoms with van der Waals surface area (Å²) in [5.41, 5.74) is -0.150. The lowest BCUT2D eigenvalue weighted by Gasteiger charge is -2.18. The summed E-state index contributed by atoms with van der Waals surface area (Å²) in [5.74, 6) is -1.82. The van der Waals surface area contributed by atoms with E-state index in [9.17, 15) is 27.2 Å². The van der Waals surface area contributed by atoms with E-state index >= 15 is 0 Å². The molecule has 0 saturated heterocycles. The van der Waals surface area contributed by atoms with E-state index in [4.69, 9.17) is 11.6 Å². The lowest BCUT2D eigenvalue weighted by molar-refractivity contribution is -0.137. The van der Waals surface area contributed by atoms with Crippen LogP contribution >= 0.6 is 23.4 Å². The third kappa shape index (κ3) is 6.73. The molecule has 4 rings (SSSR count). The van der Waals surface area contributed by atoms with Gasteiger partial charge in [-0.1, -0.05) is 54.1 Å². The molecular weight excluding hydrogens is 540 g/mol. The smallest absolute Gasteiger partial charge is 0.323 e. The lowest BCUT2D eigenvalue weighted by atomic mass is 10.1. The number of rotatable bonds is 7. The Labute approximate surface area is 225 Å². The van der Waals surface area contributed by atoms with Crippen molar-refractivity contribution in [1.29, 1.82) is 0 Å². The van der Waals surface area contributed by atoms with Crippen molar-refractivity contribution in [3.05, 3.63) is 125 Å². The number of nitrogens with one attached hydrogen (secondary N) is 2. The maximum Gasteiger partial charge on any atom is 0.416 e. The summed E-state index contributed by atoms with van der Waals surface area (Å²) in [5, 5.41) is 4.27. The first-order valence-electron chi connectivity index (χ1n) is 11.2. The maximum atomic E-state index is 13.9. The quantitative estimate of drug-likeness (QED) is 0.177. The van der Waals surface area contributed by atoms with Crippen LogP contribution in [0.4, 0.5) is 28.9 Å². The van der Waals surface area contributed by atoms with Gasteiger partial charge in [0.2, 0.25) is 5.91 Å². The van der Waals surface area contributed by atoms with Gasteiger partial charge in [0, 0.05) is 10.6 Å². The van der Waals surface area contributed by atoms with E-state index in [1.165, 1.54) is 18.2 Å². The van der Waals surface area contributed by atoms with Crippen LogP contribution < -0.4 is 10.6 Å². The van der Waals surface area contributed by atoms with Crippen LogP contribution in [0.2, 0.25) is 5.02 Å². The van der Waals surface area contributed by atoms with Crippen molar-refractivity contribution in [3.8, 4) is 0 Å². The fourth-order valence-electron chi connectivity index (χ4n) is 3.49. The van der Waals surface area contributed by atoms with Crippen LogP contribution in [0.15, 0.2) is 102 Å². The number of carbonyl (C=O) groups is 2. The summed E-state index contributed by atoms with van der Waals surface area (Å²) in [6.07, 6.45) is -4.60. The van der Waals surface area contributed by atoms with Crippen molar-refractivity contribution in [2.75, 3.05) is 10.6 Å². The average Bonchev–Trinajstić information content (AvgIpc) is 2.89. The van der Waals surface area contributed by atoms with Crippen LogP contribution in [0.5, 0.6) is 0 Å².